The zero-order valence-corrected chi connectivity index (χ0v) is 14.8. The lowest BCUT2D eigenvalue weighted by Gasteiger charge is -2.21. The van der Waals surface area contributed by atoms with Gasteiger partial charge in [-0.05, 0) is 25.8 Å². The molecule has 26 heavy (non-hydrogen) atoms. The van der Waals surface area contributed by atoms with E-state index in [1.165, 1.54) is 19.6 Å². The van der Waals surface area contributed by atoms with Crippen molar-refractivity contribution < 1.29 is 14.6 Å². The summed E-state index contributed by atoms with van der Waals surface area (Å²) in [5.41, 5.74) is 2.15. The number of H-pyrrole nitrogens is 1. The minimum absolute atomic E-state index is 0.0195. The van der Waals surface area contributed by atoms with Gasteiger partial charge in [0.25, 0.3) is 5.56 Å². The van der Waals surface area contributed by atoms with Crippen LogP contribution in [0, 0.1) is 6.92 Å². The smallest absolute Gasteiger partial charge is 0.339 e. The number of ether oxygens (including phenoxy) is 1. The number of nitrogens with zero attached hydrogens (tertiary/aromatic N) is 2. The number of benzene rings is 1. The maximum atomic E-state index is 12.7. The van der Waals surface area contributed by atoms with Gasteiger partial charge >= 0.3 is 5.97 Å². The predicted octanol–water partition coefficient (Wildman–Crippen LogP) is 3.24. The van der Waals surface area contributed by atoms with Gasteiger partial charge in [-0.15, -0.1) is 0 Å². The topological polar surface area (TPSA) is 96.7 Å². The molecule has 1 aliphatic carbocycles. The van der Waals surface area contributed by atoms with E-state index in [-0.39, 0.29) is 16.9 Å². The van der Waals surface area contributed by atoms with E-state index in [1.807, 2.05) is 11.3 Å². The van der Waals surface area contributed by atoms with E-state index in [1.54, 1.807) is 6.07 Å². The van der Waals surface area contributed by atoms with Crippen molar-refractivity contribution in [3.8, 4) is 5.75 Å². The Hall–Kier alpha value is -2.83. The summed E-state index contributed by atoms with van der Waals surface area (Å²) in [6.07, 6.45) is 5.66. The normalized spacial score (nSPS) is 15.6. The molecule has 0 radical (unpaired) electrons. The number of rotatable bonds is 3. The Labute approximate surface area is 149 Å². The van der Waals surface area contributed by atoms with E-state index in [0.29, 0.717) is 28.2 Å². The molecule has 4 rings (SSSR count). The lowest BCUT2D eigenvalue weighted by atomic mass is 9.88. The van der Waals surface area contributed by atoms with Crippen molar-refractivity contribution in [2.75, 3.05) is 7.11 Å². The standard InChI is InChI=1S/C19H21N3O4/c1-10-16-18(23)21-13-8-12(19(24)25)15(26-2)9-14(13)22(16)17(20-10)11-6-4-3-5-7-11/h8-9,11H,3-7H2,1-2H3,(H,21,23)(H,24,25). The van der Waals surface area contributed by atoms with Gasteiger partial charge in [0, 0.05) is 12.0 Å². The zero-order chi connectivity index (χ0) is 18.4. The van der Waals surface area contributed by atoms with Crippen molar-refractivity contribution in [1.29, 1.82) is 0 Å². The lowest BCUT2D eigenvalue weighted by Crippen LogP contribution is -2.15. The first-order valence-electron chi connectivity index (χ1n) is 8.87. The van der Waals surface area contributed by atoms with Crippen LogP contribution in [0.1, 0.15) is 59.9 Å². The van der Waals surface area contributed by atoms with Crippen LogP contribution in [0.2, 0.25) is 0 Å². The molecular weight excluding hydrogens is 334 g/mol. The molecule has 1 saturated carbocycles. The molecule has 0 aliphatic heterocycles. The van der Waals surface area contributed by atoms with Gasteiger partial charge in [0.15, 0.2) is 0 Å². The molecule has 136 valence electrons. The number of hydrogen-bond donors (Lipinski definition) is 2. The van der Waals surface area contributed by atoms with Crippen LogP contribution in [0.5, 0.6) is 5.75 Å². The summed E-state index contributed by atoms with van der Waals surface area (Å²) >= 11 is 0. The number of methoxy groups -OCH3 is 1. The summed E-state index contributed by atoms with van der Waals surface area (Å²) in [4.78, 5) is 31.7. The fourth-order valence-corrected chi connectivity index (χ4v) is 4.07. The summed E-state index contributed by atoms with van der Waals surface area (Å²) in [6.45, 7) is 1.84. The quantitative estimate of drug-likeness (QED) is 0.752. The number of carboxylic acid groups (broad SMARTS) is 1. The molecule has 1 aliphatic rings. The van der Waals surface area contributed by atoms with Crippen molar-refractivity contribution in [3.63, 3.8) is 0 Å². The van der Waals surface area contributed by atoms with E-state index >= 15 is 0 Å². The molecule has 2 heterocycles. The molecule has 0 spiro atoms. The highest BCUT2D eigenvalue weighted by Crippen LogP contribution is 2.34. The molecule has 0 atom stereocenters. The van der Waals surface area contributed by atoms with Crippen LogP contribution in [0.3, 0.4) is 0 Å². The fourth-order valence-electron chi connectivity index (χ4n) is 4.07. The summed E-state index contributed by atoms with van der Waals surface area (Å²) in [5.74, 6) is 0.358. The van der Waals surface area contributed by atoms with Gasteiger partial charge < -0.3 is 14.8 Å². The number of imidazole rings is 1. The van der Waals surface area contributed by atoms with Crippen molar-refractivity contribution >= 4 is 22.5 Å². The van der Waals surface area contributed by atoms with Gasteiger partial charge in [0.05, 0.1) is 23.8 Å². The predicted molar refractivity (Wildman–Crippen MR) is 97.4 cm³/mol. The molecule has 0 saturated heterocycles. The Morgan fingerprint density at radius 3 is 2.69 bits per heavy atom. The van der Waals surface area contributed by atoms with E-state index < -0.39 is 5.97 Å². The SMILES string of the molecule is COc1cc2c(cc1C(=O)O)[nH]c(=O)c1c(C)nc(C3CCCCC3)n12. The third-order valence-electron chi connectivity index (χ3n) is 5.30. The Balaban J connectivity index is 2.09. The number of aryl methyl sites for hydroxylation is 1. The zero-order valence-electron chi connectivity index (χ0n) is 14.8. The summed E-state index contributed by atoms with van der Waals surface area (Å²) in [7, 11) is 1.44. The number of fused-ring (bicyclic) bond motifs is 3. The number of nitrogens with one attached hydrogen (secondary N) is 1. The Bertz CT molecular complexity index is 1070. The fraction of sp³-hybridized carbons (Fsp3) is 0.421. The first-order valence-corrected chi connectivity index (χ1v) is 8.87. The van der Waals surface area contributed by atoms with E-state index in [9.17, 15) is 14.7 Å². The van der Waals surface area contributed by atoms with Crippen molar-refractivity contribution in [1.82, 2.24) is 14.4 Å². The molecule has 1 fully saturated rings. The highest BCUT2D eigenvalue weighted by Gasteiger charge is 2.24. The maximum Gasteiger partial charge on any atom is 0.339 e. The van der Waals surface area contributed by atoms with Crippen molar-refractivity contribution in [2.24, 2.45) is 0 Å². The van der Waals surface area contributed by atoms with Crippen LogP contribution >= 0.6 is 0 Å². The summed E-state index contributed by atoms with van der Waals surface area (Å²) < 4.78 is 7.18. The van der Waals surface area contributed by atoms with E-state index in [2.05, 4.69) is 4.98 Å². The second-order valence-electron chi connectivity index (χ2n) is 6.90. The number of carbonyl (C=O) groups is 1. The molecule has 0 amide bonds. The molecule has 1 aromatic carbocycles. The maximum absolute atomic E-state index is 12.7. The Morgan fingerprint density at radius 2 is 2.04 bits per heavy atom. The van der Waals surface area contributed by atoms with Crippen LogP contribution in [0.25, 0.3) is 16.6 Å². The van der Waals surface area contributed by atoms with Crippen molar-refractivity contribution in [3.05, 3.63) is 39.6 Å². The van der Waals surface area contributed by atoms with Crippen LogP contribution < -0.4 is 10.3 Å². The summed E-state index contributed by atoms with van der Waals surface area (Å²) in [6, 6.07) is 3.13. The van der Waals surface area contributed by atoms with Crippen LogP contribution in [0.15, 0.2) is 16.9 Å². The highest BCUT2D eigenvalue weighted by atomic mass is 16.5. The van der Waals surface area contributed by atoms with Gasteiger partial charge in [-0.3, -0.25) is 9.20 Å². The minimum atomic E-state index is -1.10. The van der Waals surface area contributed by atoms with Gasteiger partial charge in [0.1, 0.15) is 22.7 Å². The third-order valence-corrected chi connectivity index (χ3v) is 5.30. The minimum Gasteiger partial charge on any atom is -0.496 e. The van der Waals surface area contributed by atoms with E-state index in [4.69, 9.17) is 9.72 Å². The van der Waals surface area contributed by atoms with Crippen LogP contribution in [-0.2, 0) is 0 Å². The van der Waals surface area contributed by atoms with Crippen LogP contribution in [-0.4, -0.2) is 32.6 Å². The number of carboxylic acids is 1. The number of aromatic nitrogens is 3. The average Bonchev–Trinajstić information content (AvgIpc) is 3.00. The monoisotopic (exact) mass is 355 g/mol. The molecule has 0 unspecified atom stereocenters. The molecular formula is C19H21N3O4. The third kappa shape index (κ3) is 2.46. The molecule has 2 N–H and O–H groups in total. The molecule has 7 nitrogen and oxygen atoms in total. The summed E-state index contributed by atoms with van der Waals surface area (Å²) in [5, 5.41) is 9.41. The first-order chi connectivity index (χ1) is 12.5. The van der Waals surface area contributed by atoms with E-state index in [0.717, 1.165) is 31.5 Å². The van der Waals surface area contributed by atoms with Crippen molar-refractivity contribution in [2.45, 2.75) is 44.9 Å². The first kappa shape index (κ1) is 16.6. The second-order valence-corrected chi connectivity index (χ2v) is 6.90. The lowest BCUT2D eigenvalue weighted by molar-refractivity contribution is 0.0693. The molecule has 3 aromatic rings. The van der Waals surface area contributed by atoms with Gasteiger partial charge in [-0.25, -0.2) is 9.78 Å². The Kier molecular flexibility index (Phi) is 3.94. The second kappa shape index (κ2) is 6.16. The number of hydrogen-bond acceptors (Lipinski definition) is 4. The molecule has 7 heteroatoms. The Morgan fingerprint density at radius 1 is 1.31 bits per heavy atom. The highest BCUT2D eigenvalue weighted by molar-refractivity contribution is 5.96. The molecule has 2 aromatic heterocycles. The van der Waals surface area contributed by atoms with Crippen LogP contribution in [0.4, 0.5) is 0 Å². The number of aromatic amines is 1. The molecule has 0 bridgehead atoms. The van der Waals surface area contributed by atoms with Gasteiger partial charge in [-0.1, -0.05) is 19.3 Å². The van der Waals surface area contributed by atoms with Gasteiger partial charge in [0.2, 0.25) is 0 Å². The number of aromatic carboxylic acids is 1. The largest absolute Gasteiger partial charge is 0.496 e. The average molecular weight is 355 g/mol. The van der Waals surface area contributed by atoms with Gasteiger partial charge in [-0.2, -0.15) is 0 Å².